The summed E-state index contributed by atoms with van der Waals surface area (Å²) in [5.41, 5.74) is 1.82. The summed E-state index contributed by atoms with van der Waals surface area (Å²) in [6.45, 7) is 6.91. The van der Waals surface area contributed by atoms with Gasteiger partial charge < -0.3 is 4.57 Å². The summed E-state index contributed by atoms with van der Waals surface area (Å²) in [6.07, 6.45) is 8.90. The first-order chi connectivity index (χ1) is 6.49. The van der Waals surface area contributed by atoms with Gasteiger partial charge in [0.2, 0.25) is 0 Å². The smallest absolute Gasteiger partial charge is 0.0945 e. The molecule has 0 saturated heterocycles. The highest BCUT2D eigenvalue weighted by molar-refractivity contribution is 4.97. The Morgan fingerprint density at radius 1 is 1.29 bits per heavy atom. The summed E-state index contributed by atoms with van der Waals surface area (Å²) in [7, 11) is 2.06. The van der Waals surface area contributed by atoms with Crippen LogP contribution in [0.3, 0.4) is 0 Å². The van der Waals surface area contributed by atoms with Crippen LogP contribution < -0.4 is 0 Å². The van der Waals surface area contributed by atoms with E-state index >= 15 is 0 Å². The maximum atomic E-state index is 4.11. The molecule has 1 rings (SSSR count). The standard InChI is InChI=1S/C12H22N2/c1-12(2,3)8-6-5-7-11-9-13-10-14(11)4/h9-10H,5-8H2,1-4H3. The Kier molecular flexibility index (Phi) is 3.73. The highest BCUT2D eigenvalue weighted by atomic mass is 15.0. The number of hydrogen-bond acceptors (Lipinski definition) is 1. The van der Waals surface area contributed by atoms with Crippen LogP contribution in [0, 0.1) is 5.41 Å². The van der Waals surface area contributed by atoms with Crippen molar-refractivity contribution in [3.63, 3.8) is 0 Å². The molecule has 2 heteroatoms. The lowest BCUT2D eigenvalue weighted by Crippen LogP contribution is -2.04. The first-order valence-corrected chi connectivity index (χ1v) is 5.44. The molecule has 0 atom stereocenters. The molecular formula is C12H22N2. The highest BCUT2D eigenvalue weighted by Crippen LogP contribution is 2.22. The van der Waals surface area contributed by atoms with E-state index in [0.29, 0.717) is 5.41 Å². The molecule has 0 N–H and O–H groups in total. The van der Waals surface area contributed by atoms with Gasteiger partial charge in [-0.2, -0.15) is 0 Å². The summed E-state index contributed by atoms with van der Waals surface area (Å²) in [5, 5.41) is 0. The average molecular weight is 194 g/mol. The third-order valence-corrected chi connectivity index (χ3v) is 2.53. The number of aryl methyl sites for hydroxylation is 2. The molecule has 0 unspecified atom stereocenters. The van der Waals surface area contributed by atoms with Crippen LogP contribution in [0.1, 0.15) is 45.7 Å². The van der Waals surface area contributed by atoms with Crippen LogP contribution in [-0.2, 0) is 13.5 Å². The zero-order chi connectivity index (χ0) is 10.6. The van der Waals surface area contributed by atoms with Crippen LogP contribution >= 0.6 is 0 Å². The van der Waals surface area contributed by atoms with Gasteiger partial charge in [0.1, 0.15) is 0 Å². The van der Waals surface area contributed by atoms with Crippen molar-refractivity contribution in [2.45, 2.75) is 46.5 Å². The maximum Gasteiger partial charge on any atom is 0.0945 e. The van der Waals surface area contributed by atoms with Gasteiger partial charge in [-0.1, -0.05) is 27.2 Å². The van der Waals surface area contributed by atoms with Crippen LogP contribution in [0.5, 0.6) is 0 Å². The molecule has 1 aromatic rings. The van der Waals surface area contributed by atoms with Crippen molar-refractivity contribution in [3.05, 3.63) is 18.2 Å². The predicted molar refractivity (Wildman–Crippen MR) is 60.2 cm³/mol. The number of rotatable bonds is 4. The van der Waals surface area contributed by atoms with Gasteiger partial charge in [-0.15, -0.1) is 0 Å². The molecule has 0 aliphatic heterocycles. The topological polar surface area (TPSA) is 17.8 Å². The molecule has 1 aromatic heterocycles. The third kappa shape index (κ3) is 3.95. The average Bonchev–Trinajstić information content (AvgIpc) is 2.44. The van der Waals surface area contributed by atoms with Gasteiger partial charge in [-0.3, -0.25) is 0 Å². The lowest BCUT2D eigenvalue weighted by Gasteiger charge is -2.17. The first kappa shape index (κ1) is 11.3. The van der Waals surface area contributed by atoms with Crippen molar-refractivity contribution < 1.29 is 0 Å². The zero-order valence-electron chi connectivity index (χ0n) is 9.88. The lowest BCUT2D eigenvalue weighted by molar-refractivity contribution is 0.360. The number of hydrogen-bond donors (Lipinski definition) is 0. The molecule has 0 spiro atoms. The predicted octanol–water partition coefficient (Wildman–Crippen LogP) is 3.18. The normalized spacial score (nSPS) is 12.0. The lowest BCUT2D eigenvalue weighted by atomic mass is 9.89. The Labute approximate surface area is 87.4 Å². The van der Waals surface area contributed by atoms with Gasteiger partial charge in [0.25, 0.3) is 0 Å². The second kappa shape index (κ2) is 4.63. The van der Waals surface area contributed by atoms with Gasteiger partial charge in [-0.25, -0.2) is 4.98 Å². The summed E-state index contributed by atoms with van der Waals surface area (Å²) in [6, 6.07) is 0. The van der Waals surface area contributed by atoms with Gasteiger partial charge in [0.05, 0.1) is 6.33 Å². The van der Waals surface area contributed by atoms with Crippen molar-refractivity contribution in [1.29, 1.82) is 0 Å². The molecule has 0 amide bonds. The monoisotopic (exact) mass is 194 g/mol. The number of imidazole rings is 1. The fourth-order valence-electron chi connectivity index (χ4n) is 1.59. The quantitative estimate of drug-likeness (QED) is 0.673. The molecule has 2 nitrogen and oxygen atoms in total. The van der Waals surface area contributed by atoms with Crippen LogP contribution in [0.25, 0.3) is 0 Å². The molecule has 0 saturated carbocycles. The first-order valence-electron chi connectivity index (χ1n) is 5.44. The number of nitrogens with zero attached hydrogens (tertiary/aromatic N) is 2. The molecule has 0 aliphatic rings. The summed E-state index contributed by atoms with van der Waals surface area (Å²) < 4.78 is 2.11. The highest BCUT2D eigenvalue weighted by Gasteiger charge is 2.09. The Bertz CT molecular complexity index is 268. The van der Waals surface area contributed by atoms with Crippen LogP contribution in [0.15, 0.2) is 12.5 Å². The summed E-state index contributed by atoms with van der Waals surface area (Å²) >= 11 is 0. The van der Waals surface area contributed by atoms with Crippen LogP contribution in [-0.4, -0.2) is 9.55 Å². The molecule has 0 fully saturated rings. The largest absolute Gasteiger partial charge is 0.338 e. The Hall–Kier alpha value is -0.790. The van der Waals surface area contributed by atoms with Crippen molar-refractivity contribution in [3.8, 4) is 0 Å². The summed E-state index contributed by atoms with van der Waals surface area (Å²) in [5.74, 6) is 0. The molecule has 14 heavy (non-hydrogen) atoms. The minimum atomic E-state index is 0.479. The van der Waals surface area contributed by atoms with Gasteiger partial charge in [0.15, 0.2) is 0 Å². The van der Waals surface area contributed by atoms with E-state index in [1.54, 1.807) is 0 Å². The number of unbranched alkanes of at least 4 members (excludes halogenated alkanes) is 1. The van der Waals surface area contributed by atoms with Gasteiger partial charge in [-0.05, 0) is 24.7 Å². The van der Waals surface area contributed by atoms with Crippen LogP contribution in [0.4, 0.5) is 0 Å². The van der Waals surface area contributed by atoms with Crippen molar-refractivity contribution in [2.24, 2.45) is 12.5 Å². The molecule has 0 aliphatic carbocycles. The third-order valence-electron chi connectivity index (χ3n) is 2.53. The molecule has 0 bridgehead atoms. The second-order valence-electron chi connectivity index (χ2n) is 5.26. The van der Waals surface area contributed by atoms with Crippen molar-refractivity contribution >= 4 is 0 Å². The minimum absolute atomic E-state index is 0.479. The molecule has 0 radical (unpaired) electrons. The van der Waals surface area contributed by atoms with E-state index in [1.165, 1.54) is 25.0 Å². The van der Waals surface area contributed by atoms with E-state index in [4.69, 9.17) is 0 Å². The fourth-order valence-corrected chi connectivity index (χ4v) is 1.59. The second-order valence-corrected chi connectivity index (χ2v) is 5.26. The Morgan fingerprint density at radius 3 is 2.50 bits per heavy atom. The van der Waals surface area contributed by atoms with Gasteiger partial charge >= 0.3 is 0 Å². The maximum absolute atomic E-state index is 4.11. The minimum Gasteiger partial charge on any atom is -0.338 e. The molecule has 1 heterocycles. The number of aromatic nitrogens is 2. The van der Waals surface area contributed by atoms with E-state index in [-0.39, 0.29) is 0 Å². The molecule has 0 aromatic carbocycles. The van der Waals surface area contributed by atoms with E-state index in [0.717, 1.165) is 6.42 Å². The van der Waals surface area contributed by atoms with Gasteiger partial charge in [0, 0.05) is 18.9 Å². The Morgan fingerprint density at radius 2 is 2.00 bits per heavy atom. The van der Waals surface area contributed by atoms with E-state index in [9.17, 15) is 0 Å². The van der Waals surface area contributed by atoms with Crippen molar-refractivity contribution in [2.75, 3.05) is 0 Å². The molecule has 80 valence electrons. The summed E-state index contributed by atoms with van der Waals surface area (Å²) in [4.78, 5) is 4.11. The van der Waals surface area contributed by atoms with E-state index < -0.39 is 0 Å². The Balaban J connectivity index is 2.20. The zero-order valence-corrected chi connectivity index (χ0v) is 9.88. The fraction of sp³-hybridized carbons (Fsp3) is 0.750. The van der Waals surface area contributed by atoms with Crippen molar-refractivity contribution in [1.82, 2.24) is 9.55 Å². The van der Waals surface area contributed by atoms with Crippen LogP contribution in [0.2, 0.25) is 0 Å². The molecular weight excluding hydrogens is 172 g/mol. The van der Waals surface area contributed by atoms with E-state index in [1.807, 2.05) is 12.5 Å². The SMILES string of the molecule is Cn1cncc1CCCCC(C)(C)C. The van der Waals surface area contributed by atoms with E-state index in [2.05, 4.69) is 37.4 Å².